The van der Waals surface area contributed by atoms with Crippen molar-refractivity contribution in [3.63, 3.8) is 0 Å². The number of nitrogens with one attached hydrogen (secondary N) is 1. The Kier molecular flexibility index (Phi) is 8.05. The maximum absolute atomic E-state index is 13.2. The van der Waals surface area contributed by atoms with Crippen LogP contribution in [0.2, 0.25) is 0 Å². The molecule has 0 amide bonds. The summed E-state index contributed by atoms with van der Waals surface area (Å²) in [5.74, 6) is -0.713. The van der Waals surface area contributed by atoms with Gasteiger partial charge in [0.05, 0.1) is 11.0 Å². The number of esters is 1. The molecule has 3 aromatic carbocycles. The van der Waals surface area contributed by atoms with E-state index in [9.17, 15) is 13.2 Å². The molecule has 0 bridgehead atoms. The molecule has 0 fully saturated rings. The fraction of sp³-hybridized carbons (Fsp3) is 0.286. The Morgan fingerprint density at radius 3 is 2.44 bits per heavy atom. The molecule has 188 valence electrons. The highest BCUT2D eigenvalue weighted by Crippen LogP contribution is 2.29. The van der Waals surface area contributed by atoms with Gasteiger partial charge in [0.2, 0.25) is 0 Å². The number of ether oxygens (including phenoxy) is 1. The zero-order chi connectivity index (χ0) is 25.5. The van der Waals surface area contributed by atoms with E-state index in [1.165, 1.54) is 12.1 Å². The quantitative estimate of drug-likeness (QED) is 0.141. The number of aromatic amines is 1. The molecule has 0 aliphatic heterocycles. The van der Waals surface area contributed by atoms with Crippen LogP contribution < -0.4 is 4.18 Å². The number of nitrogens with zero attached hydrogens (tertiary/aromatic N) is 1. The number of hydrogen-bond acceptors (Lipinski definition) is 6. The smallest absolute Gasteiger partial charge is 0.373 e. The lowest BCUT2D eigenvalue weighted by Gasteiger charge is -2.17. The maximum Gasteiger partial charge on any atom is 0.373 e. The average Bonchev–Trinajstić information content (AvgIpc) is 3.34. The minimum atomic E-state index is -4.36. The second kappa shape index (κ2) is 11.4. The van der Waals surface area contributed by atoms with Crippen LogP contribution in [0.25, 0.3) is 22.2 Å². The van der Waals surface area contributed by atoms with Crippen molar-refractivity contribution in [2.45, 2.75) is 57.2 Å². The second-order valence-electron chi connectivity index (χ2n) is 8.57. The molecule has 0 radical (unpaired) electrons. The summed E-state index contributed by atoms with van der Waals surface area (Å²) in [5, 5.41) is -0.338. The van der Waals surface area contributed by atoms with Crippen LogP contribution in [-0.4, -0.2) is 30.5 Å². The van der Waals surface area contributed by atoms with Gasteiger partial charge in [-0.1, -0.05) is 81.3 Å². The van der Waals surface area contributed by atoms with Crippen LogP contribution in [0.4, 0.5) is 0 Å². The van der Waals surface area contributed by atoms with E-state index in [-0.39, 0.29) is 22.6 Å². The number of rotatable bonds is 11. The normalized spacial score (nSPS) is 12.4. The summed E-state index contributed by atoms with van der Waals surface area (Å²) < 4.78 is 37.4. The topological polar surface area (TPSA) is 98.3 Å². The molecule has 0 saturated carbocycles. The monoisotopic (exact) mass is 506 g/mol. The van der Waals surface area contributed by atoms with Gasteiger partial charge in [0.1, 0.15) is 11.7 Å². The lowest BCUT2D eigenvalue weighted by Crippen LogP contribution is -2.19. The van der Waals surface area contributed by atoms with E-state index in [1.807, 2.05) is 49.4 Å². The number of carbonyl (C=O) groups excluding carboxylic acids is 1. The van der Waals surface area contributed by atoms with Gasteiger partial charge >= 0.3 is 16.1 Å². The highest BCUT2D eigenvalue weighted by atomic mass is 32.2. The van der Waals surface area contributed by atoms with Crippen molar-refractivity contribution in [2.75, 3.05) is 0 Å². The fourth-order valence-corrected chi connectivity index (χ4v) is 4.93. The number of fused-ring (bicyclic) bond motifs is 1. The summed E-state index contributed by atoms with van der Waals surface area (Å²) in [6.45, 7) is 4.08. The van der Waals surface area contributed by atoms with Crippen molar-refractivity contribution in [3.8, 4) is 16.9 Å². The Labute approximate surface area is 211 Å². The molecule has 7 nitrogen and oxygen atoms in total. The fourth-order valence-electron chi connectivity index (χ4n) is 4.03. The third kappa shape index (κ3) is 5.76. The predicted molar refractivity (Wildman–Crippen MR) is 139 cm³/mol. The lowest BCUT2D eigenvalue weighted by molar-refractivity contribution is 0.0265. The van der Waals surface area contributed by atoms with Gasteiger partial charge in [0, 0.05) is 5.56 Å². The number of para-hydroxylation sites is 2. The van der Waals surface area contributed by atoms with Crippen LogP contribution in [-0.2, 0) is 14.9 Å². The summed E-state index contributed by atoms with van der Waals surface area (Å²) in [4.78, 5) is 20.1. The van der Waals surface area contributed by atoms with Crippen LogP contribution in [0, 0.1) is 0 Å². The Hall–Kier alpha value is -3.65. The SMILES string of the molecule is CCCCCC(CC)OC(=O)c1ccccc1OS(=O)(=O)c1nc2c(-c3ccccc3)cccc2[nH]1. The van der Waals surface area contributed by atoms with Gasteiger partial charge in [0.25, 0.3) is 5.16 Å². The van der Waals surface area contributed by atoms with E-state index in [0.29, 0.717) is 17.5 Å². The first-order valence-corrected chi connectivity index (χ1v) is 13.6. The minimum absolute atomic E-state index is 0.0519. The summed E-state index contributed by atoms with van der Waals surface area (Å²) in [7, 11) is -4.36. The molecule has 8 heteroatoms. The molecule has 4 rings (SSSR count). The van der Waals surface area contributed by atoms with E-state index < -0.39 is 16.1 Å². The van der Waals surface area contributed by atoms with Gasteiger partial charge in [0.15, 0.2) is 5.75 Å². The molecule has 1 unspecified atom stereocenters. The third-order valence-electron chi connectivity index (χ3n) is 5.98. The highest BCUT2D eigenvalue weighted by Gasteiger charge is 2.26. The first-order chi connectivity index (χ1) is 17.4. The van der Waals surface area contributed by atoms with Gasteiger partial charge in [-0.3, -0.25) is 0 Å². The number of carbonyl (C=O) groups is 1. The molecule has 0 aliphatic carbocycles. The number of hydrogen-bond donors (Lipinski definition) is 1. The van der Waals surface area contributed by atoms with Crippen LogP contribution in [0.5, 0.6) is 5.75 Å². The Bertz CT molecular complexity index is 1430. The largest absolute Gasteiger partial charge is 0.459 e. The molecule has 1 aromatic heterocycles. The molecule has 0 saturated heterocycles. The zero-order valence-electron chi connectivity index (χ0n) is 20.4. The predicted octanol–water partition coefficient (Wildman–Crippen LogP) is 6.51. The van der Waals surface area contributed by atoms with Crippen molar-refractivity contribution in [3.05, 3.63) is 78.4 Å². The van der Waals surface area contributed by atoms with E-state index in [4.69, 9.17) is 8.92 Å². The van der Waals surface area contributed by atoms with Gasteiger partial charge in [-0.2, -0.15) is 8.42 Å². The standard InChI is InChI=1S/C28H30N2O5S/c1-3-5-7-15-21(4-2)34-27(31)23-16-10-11-19-25(23)35-36(32,33)28-29-24-18-12-17-22(26(24)30-28)20-13-8-6-9-14-20/h6,8-14,16-19,21H,3-5,7,15H2,1-2H3,(H,29,30). The van der Waals surface area contributed by atoms with Crippen molar-refractivity contribution in [1.82, 2.24) is 9.97 Å². The number of aromatic nitrogens is 2. The van der Waals surface area contributed by atoms with Gasteiger partial charge in [-0.05, 0) is 43.0 Å². The van der Waals surface area contributed by atoms with E-state index >= 15 is 0 Å². The number of H-pyrrole nitrogens is 1. The summed E-state index contributed by atoms with van der Waals surface area (Å²) in [6.07, 6.45) is 4.31. The van der Waals surface area contributed by atoms with E-state index in [2.05, 4.69) is 16.9 Å². The molecule has 36 heavy (non-hydrogen) atoms. The molecule has 4 aromatic rings. The first-order valence-electron chi connectivity index (χ1n) is 12.2. The summed E-state index contributed by atoms with van der Waals surface area (Å²) in [6, 6.07) is 21.2. The van der Waals surface area contributed by atoms with Gasteiger partial charge in [-0.25, -0.2) is 9.78 Å². The minimum Gasteiger partial charge on any atom is -0.459 e. The molecular formula is C28H30N2O5S. The number of benzene rings is 3. The second-order valence-corrected chi connectivity index (χ2v) is 10.0. The average molecular weight is 507 g/mol. The third-order valence-corrected chi connectivity index (χ3v) is 7.04. The van der Waals surface area contributed by atoms with E-state index in [1.54, 1.807) is 18.2 Å². The van der Waals surface area contributed by atoms with Crippen LogP contribution in [0.15, 0.2) is 78.0 Å². The van der Waals surface area contributed by atoms with E-state index in [0.717, 1.165) is 36.8 Å². The van der Waals surface area contributed by atoms with Crippen molar-refractivity contribution in [2.24, 2.45) is 0 Å². The van der Waals surface area contributed by atoms with Crippen LogP contribution in [0.1, 0.15) is 56.3 Å². The Morgan fingerprint density at radius 1 is 0.944 bits per heavy atom. The first kappa shape index (κ1) is 25.4. The summed E-state index contributed by atoms with van der Waals surface area (Å²) in [5.41, 5.74) is 2.83. The zero-order valence-corrected chi connectivity index (χ0v) is 21.3. The molecule has 1 N–H and O–H groups in total. The van der Waals surface area contributed by atoms with Crippen molar-refractivity contribution in [1.29, 1.82) is 0 Å². The highest BCUT2D eigenvalue weighted by molar-refractivity contribution is 7.87. The van der Waals surface area contributed by atoms with Crippen molar-refractivity contribution >= 4 is 27.1 Å². The van der Waals surface area contributed by atoms with Gasteiger partial charge in [-0.15, -0.1) is 0 Å². The number of imidazole rings is 1. The molecule has 1 atom stereocenters. The van der Waals surface area contributed by atoms with Crippen LogP contribution >= 0.6 is 0 Å². The lowest BCUT2D eigenvalue weighted by atomic mass is 10.0. The molecular weight excluding hydrogens is 476 g/mol. The molecule has 0 aliphatic rings. The van der Waals surface area contributed by atoms with Crippen molar-refractivity contribution < 1.29 is 22.1 Å². The summed E-state index contributed by atoms with van der Waals surface area (Å²) >= 11 is 0. The molecule has 0 spiro atoms. The number of unbranched alkanes of at least 4 members (excludes halogenated alkanes) is 2. The Morgan fingerprint density at radius 2 is 1.69 bits per heavy atom. The van der Waals surface area contributed by atoms with Gasteiger partial charge < -0.3 is 13.9 Å². The van der Waals surface area contributed by atoms with Crippen LogP contribution in [0.3, 0.4) is 0 Å². The Balaban J connectivity index is 1.59. The molecule has 1 heterocycles. The maximum atomic E-state index is 13.2.